The fourth-order valence-electron chi connectivity index (χ4n) is 4.02. The molecular formula is C20H30N2O4. The van der Waals surface area contributed by atoms with E-state index in [4.69, 9.17) is 9.15 Å². The zero-order chi connectivity index (χ0) is 18.5. The van der Waals surface area contributed by atoms with Crippen LogP contribution in [0.3, 0.4) is 0 Å². The molecular weight excluding hydrogens is 332 g/mol. The number of rotatable bonds is 5. The second-order valence-corrected chi connectivity index (χ2v) is 7.44. The number of ether oxygens (including phenoxy) is 1. The van der Waals surface area contributed by atoms with Gasteiger partial charge in [-0.2, -0.15) is 0 Å². The van der Waals surface area contributed by atoms with Crippen molar-refractivity contribution in [2.24, 2.45) is 11.8 Å². The molecule has 3 heterocycles. The number of likely N-dealkylation sites (tertiary alicyclic amines) is 2. The van der Waals surface area contributed by atoms with Gasteiger partial charge in [0, 0.05) is 19.0 Å². The van der Waals surface area contributed by atoms with Crippen LogP contribution < -0.4 is 0 Å². The molecule has 0 aliphatic carbocycles. The number of piperidine rings is 2. The molecule has 3 rings (SSSR count). The highest BCUT2D eigenvalue weighted by atomic mass is 16.5. The molecule has 0 aromatic carbocycles. The molecule has 2 aliphatic heterocycles. The van der Waals surface area contributed by atoms with Gasteiger partial charge in [-0.1, -0.05) is 0 Å². The molecule has 0 saturated carbocycles. The molecule has 2 aliphatic rings. The quantitative estimate of drug-likeness (QED) is 0.754. The Bertz CT molecular complexity index is 619. The molecule has 0 spiro atoms. The first-order valence-corrected chi connectivity index (χ1v) is 9.80. The minimum Gasteiger partial charge on any atom is -0.466 e. The van der Waals surface area contributed by atoms with Gasteiger partial charge in [0.25, 0.3) is 0 Å². The summed E-state index contributed by atoms with van der Waals surface area (Å²) in [4.78, 5) is 29.1. The van der Waals surface area contributed by atoms with Crippen molar-refractivity contribution in [3.63, 3.8) is 0 Å². The van der Waals surface area contributed by atoms with Crippen LogP contribution in [0.1, 0.15) is 44.1 Å². The number of hydrogen-bond donors (Lipinski definition) is 0. The fourth-order valence-corrected chi connectivity index (χ4v) is 4.02. The first-order valence-electron chi connectivity index (χ1n) is 9.80. The van der Waals surface area contributed by atoms with Crippen LogP contribution in [0.4, 0.5) is 0 Å². The Kier molecular flexibility index (Phi) is 6.35. The number of hydrogen-bond acceptors (Lipinski definition) is 5. The van der Waals surface area contributed by atoms with Crippen LogP contribution in [0.15, 0.2) is 16.5 Å². The molecule has 1 atom stereocenters. The number of furan rings is 1. The molecule has 6 heteroatoms. The van der Waals surface area contributed by atoms with Crippen molar-refractivity contribution in [2.45, 2.75) is 46.1 Å². The summed E-state index contributed by atoms with van der Waals surface area (Å²) in [5.41, 5.74) is 0. The summed E-state index contributed by atoms with van der Waals surface area (Å²) in [6, 6.07) is 4.01. The summed E-state index contributed by atoms with van der Waals surface area (Å²) in [6.07, 6.45) is 3.45. The van der Waals surface area contributed by atoms with Crippen LogP contribution in [0.2, 0.25) is 0 Å². The maximum absolute atomic E-state index is 12.9. The van der Waals surface area contributed by atoms with E-state index in [1.807, 2.05) is 30.9 Å². The maximum Gasteiger partial charge on any atom is 0.310 e. The molecule has 1 unspecified atom stereocenters. The third-order valence-electron chi connectivity index (χ3n) is 5.47. The number of carbonyl (C=O) groups excluding carboxylic acids is 2. The van der Waals surface area contributed by atoms with E-state index < -0.39 is 0 Å². The molecule has 0 radical (unpaired) electrons. The summed E-state index contributed by atoms with van der Waals surface area (Å²) in [5, 5.41) is 0. The van der Waals surface area contributed by atoms with Gasteiger partial charge in [0.2, 0.25) is 5.91 Å². The van der Waals surface area contributed by atoms with Crippen LogP contribution in [0, 0.1) is 18.8 Å². The molecule has 144 valence electrons. The first kappa shape index (κ1) is 19.0. The SMILES string of the molecule is CCOC(=O)C1CCCN(C(=O)C2CCN(Cc3ccc(C)o3)CC2)C1. The Morgan fingerprint density at radius 3 is 2.58 bits per heavy atom. The zero-order valence-electron chi connectivity index (χ0n) is 15.9. The maximum atomic E-state index is 12.9. The lowest BCUT2D eigenvalue weighted by molar-refractivity contribution is -0.152. The first-order chi connectivity index (χ1) is 12.6. The molecule has 2 fully saturated rings. The minimum absolute atomic E-state index is 0.0746. The number of amides is 1. The minimum atomic E-state index is -0.159. The van der Waals surface area contributed by atoms with Crippen molar-refractivity contribution < 1.29 is 18.7 Å². The van der Waals surface area contributed by atoms with E-state index in [9.17, 15) is 9.59 Å². The number of nitrogens with zero attached hydrogens (tertiary/aromatic N) is 2. The van der Waals surface area contributed by atoms with E-state index in [1.165, 1.54) is 0 Å². The average molecular weight is 362 g/mol. The Morgan fingerprint density at radius 2 is 1.92 bits per heavy atom. The second kappa shape index (κ2) is 8.71. The lowest BCUT2D eigenvalue weighted by Gasteiger charge is -2.37. The largest absolute Gasteiger partial charge is 0.466 e. The van der Waals surface area contributed by atoms with Crippen LogP contribution in [0.5, 0.6) is 0 Å². The Labute approximate surface area is 155 Å². The van der Waals surface area contributed by atoms with Gasteiger partial charge in [-0.3, -0.25) is 14.5 Å². The summed E-state index contributed by atoms with van der Waals surface area (Å²) in [7, 11) is 0. The van der Waals surface area contributed by atoms with Gasteiger partial charge in [-0.05, 0) is 64.8 Å². The molecule has 1 aromatic rings. The standard InChI is InChI=1S/C20H30N2O4/c1-3-25-20(24)17-5-4-10-22(13-17)19(23)16-8-11-21(12-9-16)14-18-7-6-15(2)26-18/h6-7,16-17H,3-5,8-14H2,1-2H3. The van der Waals surface area contributed by atoms with Crippen molar-refractivity contribution in [2.75, 3.05) is 32.8 Å². The van der Waals surface area contributed by atoms with Crippen molar-refractivity contribution in [3.05, 3.63) is 23.7 Å². The Hall–Kier alpha value is -1.82. The fraction of sp³-hybridized carbons (Fsp3) is 0.700. The Balaban J connectivity index is 1.47. The third-order valence-corrected chi connectivity index (χ3v) is 5.47. The van der Waals surface area contributed by atoms with E-state index >= 15 is 0 Å². The van der Waals surface area contributed by atoms with Gasteiger partial charge in [0.1, 0.15) is 11.5 Å². The molecule has 1 amide bonds. The van der Waals surface area contributed by atoms with E-state index in [1.54, 1.807) is 0 Å². The third kappa shape index (κ3) is 4.67. The summed E-state index contributed by atoms with van der Waals surface area (Å²) < 4.78 is 10.8. The molecule has 26 heavy (non-hydrogen) atoms. The van der Waals surface area contributed by atoms with Gasteiger partial charge in [0.15, 0.2) is 0 Å². The average Bonchev–Trinajstić information content (AvgIpc) is 3.07. The van der Waals surface area contributed by atoms with Crippen LogP contribution >= 0.6 is 0 Å². The van der Waals surface area contributed by atoms with Crippen molar-refractivity contribution in [1.82, 2.24) is 9.80 Å². The predicted molar refractivity (Wildman–Crippen MR) is 97.4 cm³/mol. The van der Waals surface area contributed by atoms with Gasteiger partial charge >= 0.3 is 5.97 Å². The van der Waals surface area contributed by atoms with Gasteiger partial charge in [-0.15, -0.1) is 0 Å². The lowest BCUT2D eigenvalue weighted by atomic mass is 9.92. The van der Waals surface area contributed by atoms with E-state index in [2.05, 4.69) is 4.90 Å². The summed E-state index contributed by atoms with van der Waals surface area (Å²) in [5.74, 6) is 1.90. The highest BCUT2D eigenvalue weighted by Gasteiger charge is 2.34. The summed E-state index contributed by atoms with van der Waals surface area (Å²) >= 11 is 0. The highest BCUT2D eigenvalue weighted by molar-refractivity contribution is 5.80. The molecule has 1 aromatic heterocycles. The van der Waals surface area contributed by atoms with E-state index in [-0.39, 0.29) is 23.7 Å². The van der Waals surface area contributed by atoms with Gasteiger partial charge < -0.3 is 14.1 Å². The number of esters is 1. The number of aryl methyl sites for hydroxylation is 1. The van der Waals surface area contributed by atoms with E-state index in [0.29, 0.717) is 13.2 Å². The van der Waals surface area contributed by atoms with Crippen LogP contribution in [0.25, 0.3) is 0 Å². The van der Waals surface area contributed by atoms with Crippen molar-refractivity contribution in [3.8, 4) is 0 Å². The second-order valence-electron chi connectivity index (χ2n) is 7.44. The van der Waals surface area contributed by atoms with Crippen molar-refractivity contribution in [1.29, 1.82) is 0 Å². The molecule has 0 bridgehead atoms. The highest BCUT2D eigenvalue weighted by Crippen LogP contribution is 2.25. The van der Waals surface area contributed by atoms with E-state index in [0.717, 1.165) is 63.4 Å². The molecule has 6 nitrogen and oxygen atoms in total. The van der Waals surface area contributed by atoms with Crippen LogP contribution in [-0.2, 0) is 20.9 Å². The monoisotopic (exact) mass is 362 g/mol. The smallest absolute Gasteiger partial charge is 0.310 e. The van der Waals surface area contributed by atoms with Crippen molar-refractivity contribution >= 4 is 11.9 Å². The molecule has 2 saturated heterocycles. The van der Waals surface area contributed by atoms with Gasteiger partial charge in [-0.25, -0.2) is 0 Å². The number of carbonyl (C=O) groups is 2. The predicted octanol–water partition coefficient (Wildman–Crippen LogP) is 2.60. The topological polar surface area (TPSA) is 63.0 Å². The Morgan fingerprint density at radius 1 is 1.15 bits per heavy atom. The summed E-state index contributed by atoms with van der Waals surface area (Å²) in [6.45, 7) is 8.08. The van der Waals surface area contributed by atoms with Gasteiger partial charge in [0.05, 0.1) is 19.1 Å². The zero-order valence-corrected chi connectivity index (χ0v) is 15.9. The lowest BCUT2D eigenvalue weighted by Crippen LogP contribution is -2.47. The molecule has 0 N–H and O–H groups in total. The van der Waals surface area contributed by atoms with Crippen LogP contribution in [-0.4, -0.2) is 54.5 Å². The normalized spacial score (nSPS) is 22.4.